The number of nitrogens with zero attached hydrogens (tertiary/aromatic N) is 6. The molecule has 2 aromatic heterocycles. The molecule has 1 atom stereocenters. The van der Waals surface area contributed by atoms with Gasteiger partial charge in [-0.15, -0.1) is 10.2 Å². The quantitative estimate of drug-likeness (QED) is 0.224. The number of carbonyl (C=O) groups is 1. The molecule has 0 saturated carbocycles. The molecule has 1 fully saturated rings. The Morgan fingerprint density at radius 1 is 1.02 bits per heavy atom. The van der Waals surface area contributed by atoms with Crippen LogP contribution in [0.25, 0.3) is 21.8 Å². The molecule has 7 rings (SSSR count). The van der Waals surface area contributed by atoms with Gasteiger partial charge in [-0.05, 0) is 42.8 Å². The molecule has 4 heterocycles. The van der Waals surface area contributed by atoms with Gasteiger partial charge in [-0.3, -0.25) is 4.79 Å². The Balaban J connectivity index is 1.19. The van der Waals surface area contributed by atoms with E-state index in [0.717, 1.165) is 39.1 Å². The fourth-order valence-electron chi connectivity index (χ4n) is 5.47. The van der Waals surface area contributed by atoms with Gasteiger partial charge in [0.25, 0.3) is 5.88 Å². The Labute approximate surface area is 253 Å². The molecule has 2 aliphatic rings. The van der Waals surface area contributed by atoms with Crippen LogP contribution in [0.3, 0.4) is 0 Å². The number of ether oxygens (including phenoxy) is 2. The predicted molar refractivity (Wildman–Crippen MR) is 166 cm³/mol. The lowest BCUT2D eigenvalue weighted by Crippen LogP contribution is -2.30. The number of likely N-dealkylation sites (tertiary alicyclic amines) is 1. The van der Waals surface area contributed by atoms with E-state index in [1.165, 1.54) is 5.56 Å². The topological polar surface area (TPSA) is 93.6 Å². The number of aryl methyl sites for hydroxylation is 1. The maximum atomic E-state index is 13.1. The molecule has 0 N–H and O–H groups in total. The van der Waals surface area contributed by atoms with E-state index in [9.17, 15) is 4.79 Å². The van der Waals surface area contributed by atoms with Gasteiger partial charge in [-0.25, -0.2) is 9.97 Å². The first kappa shape index (κ1) is 27.0. The van der Waals surface area contributed by atoms with Crippen molar-refractivity contribution < 1.29 is 14.3 Å². The summed E-state index contributed by atoms with van der Waals surface area (Å²) in [5, 5.41) is 10.2. The van der Waals surface area contributed by atoms with Gasteiger partial charge < -0.3 is 19.3 Å². The summed E-state index contributed by atoms with van der Waals surface area (Å²) in [4.78, 5) is 26.4. The summed E-state index contributed by atoms with van der Waals surface area (Å²) in [6.07, 6.45) is 2.26. The summed E-state index contributed by atoms with van der Waals surface area (Å²) in [5.41, 5.74) is 4.62. The molecule has 5 aromatic rings. The van der Waals surface area contributed by atoms with Gasteiger partial charge in [0, 0.05) is 49.2 Å². The van der Waals surface area contributed by atoms with E-state index in [1.54, 1.807) is 17.5 Å². The Morgan fingerprint density at radius 3 is 2.63 bits per heavy atom. The van der Waals surface area contributed by atoms with Crippen LogP contribution in [0, 0.1) is 6.92 Å². The molecule has 10 heteroatoms. The van der Waals surface area contributed by atoms with Crippen molar-refractivity contribution in [3.63, 3.8) is 0 Å². The first-order valence-corrected chi connectivity index (χ1v) is 15.1. The summed E-state index contributed by atoms with van der Waals surface area (Å²) < 4.78 is 12.3. The van der Waals surface area contributed by atoms with E-state index in [0.29, 0.717) is 49.2 Å². The van der Waals surface area contributed by atoms with Crippen LogP contribution < -0.4 is 14.4 Å². The molecule has 0 spiro atoms. The molecule has 0 radical (unpaired) electrons. The third kappa shape index (κ3) is 5.65. The number of amides is 1. The minimum Gasteiger partial charge on any atom is -0.473 e. The van der Waals surface area contributed by atoms with E-state index in [-0.39, 0.29) is 11.8 Å². The second-order valence-electron chi connectivity index (χ2n) is 10.8. The smallest absolute Gasteiger partial charge is 0.258 e. The fourth-order valence-corrected chi connectivity index (χ4v) is 6.17. The van der Waals surface area contributed by atoms with Crippen molar-refractivity contribution in [1.29, 1.82) is 0 Å². The lowest BCUT2D eigenvalue weighted by molar-refractivity contribution is -0.128. The van der Waals surface area contributed by atoms with Crippen molar-refractivity contribution >= 4 is 23.1 Å². The number of anilines is 1. The van der Waals surface area contributed by atoms with Gasteiger partial charge in [0.15, 0.2) is 5.82 Å². The molecule has 216 valence electrons. The van der Waals surface area contributed by atoms with Crippen LogP contribution in [-0.4, -0.2) is 57.7 Å². The van der Waals surface area contributed by atoms with Crippen molar-refractivity contribution in [2.24, 2.45) is 0 Å². The van der Waals surface area contributed by atoms with Gasteiger partial charge in [-0.1, -0.05) is 53.8 Å². The average Bonchev–Trinajstić information content (AvgIpc) is 3.64. The third-order valence-corrected chi connectivity index (χ3v) is 8.70. The molecular weight excluding hydrogens is 560 g/mol. The van der Waals surface area contributed by atoms with Gasteiger partial charge in [0.2, 0.25) is 5.91 Å². The van der Waals surface area contributed by atoms with Crippen LogP contribution in [0.1, 0.15) is 28.5 Å². The highest BCUT2D eigenvalue weighted by molar-refractivity contribution is 7.14. The van der Waals surface area contributed by atoms with Crippen LogP contribution in [0.4, 0.5) is 5.82 Å². The zero-order valence-corrected chi connectivity index (χ0v) is 24.8. The van der Waals surface area contributed by atoms with Crippen LogP contribution in [0.15, 0.2) is 79.0 Å². The first-order valence-electron chi connectivity index (χ1n) is 14.3. The van der Waals surface area contributed by atoms with Crippen molar-refractivity contribution in [1.82, 2.24) is 25.1 Å². The Bertz CT molecular complexity index is 1780. The highest BCUT2D eigenvalue weighted by Gasteiger charge is 2.31. The van der Waals surface area contributed by atoms with Crippen LogP contribution in [0.2, 0.25) is 0 Å². The number of fused-ring (bicyclic) bond motifs is 1. The number of rotatable bonds is 7. The maximum absolute atomic E-state index is 13.1. The SMILES string of the molecule is Cc1nnc(-c2ccc(Oc3cc(-c4cnc5c(n4)OCCN5C)ccc3CN3C[C@H](c4ccccc4)CC3=O)cc2)s1. The second kappa shape index (κ2) is 11.4. The van der Waals surface area contributed by atoms with E-state index in [1.807, 2.05) is 84.4 Å². The highest BCUT2D eigenvalue weighted by atomic mass is 32.1. The van der Waals surface area contributed by atoms with Gasteiger partial charge >= 0.3 is 0 Å². The Kier molecular flexibility index (Phi) is 7.20. The first-order chi connectivity index (χ1) is 21.0. The molecule has 9 nitrogen and oxygen atoms in total. The average molecular weight is 591 g/mol. The zero-order chi connectivity index (χ0) is 29.3. The van der Waals surface area contributed by atoms with E-state index in [2.05, 4.69) is 27.3 Å². The van der Waals surface area contributed by atoms with Crippen LogP contribution in [-0.2, 0) is 11.3 Å². The van der Waals surface area contributed by atoms with Crippen molar-refractivity contribution in [2.75, 3.05) is 31.6 Å². The maximum Gasteiger partial charge on any atom is 0.258 e. The second-order valence-corrected chi connectivity index (χ2v) is 12.0. The van der Waals surface area contributed by atoms with Crippen molar-refractivity contribution in [2.45, 2.75) is 25.8 Å². The largest absolute Gasteiger partial charge is 0.473 e. The van der Waals surface area contributed by atoms with Gasteiger partial charge in [0.1, 0.15) is 28.1 Å². The number of aromatic nitrogens is 4. The molecule has 1 amide bonds. The van der Waals surface area contributed by atoms with E-state index in [4.69, 9.17) is 14.5 Å². The summed E-state index contributed by atoms with van der Waals surface area (Å²) in [5.74, 6) is 2.91. The number of hydrogen-bond donors (Lipinski definition) is 0. The number of carbonyl (C=O) groups excluding carboxylic acids is 1. The summed E-state index contributed by atoms with van der Waals surface area (Å²) in [6, 6.07) is 24.0. The summed E-state index contributed by atoms with van der Waals surface area (Å²) in [6.45, 7) is 4.39. The Hall–Kier alpha value is -4.83. The number of benzene rings is 3. The number of likely N-dealkylation sites (N-methyl/N-ethyl adjacent to an activating group) is 1. The van der Waals surface area contributed by atoms with E-state index >= 15 is 0 Å². The molecule has 2 aliphatic heterocycles. The van der Waals surface area contributed by atoms with Crippen molar-refractivity contribution in [3.05, 3.63) is 95.1 Å². The molecule has 0 bridgehead atoms. The lowest BCUT2D eigenvalue weighted by atomic mass is 9.98. The molecule has 0 aliphatic carbocycles. The monoisotopic (exact) mass is 590 g/mol. The minimum absolute atomic E-state index is 0.141. The van der Waals surface area contributed by atoms with Gasteiger partial charge in [-0.2, -0.15) is 0 Å². The van der Waals surface area contributed by atoms with Crippen LogP contribution >= 0.6 is 11.3 Å². The summed E-state index contributed by atoms with van der Waals surface area (Å²) >= 11 is 1.55. The summed E-state index contributed by atoms with van der Waals surface area (Å²) in [7, 11) is 1.98. The fraction of sp³-hybridized carbons (Fsp3) is 0.242. The lowest BCUT2D eigenvalue weighted by Gasteiger charge is -2.25. The zero-order valence-electron chi connectivity index (χ0n) is 23.9. The third-order valence-electron chi connectivity index (χ3n) is 7.81. The minimum atomic E-state index is 0.141. The van der Waals surface area contributed by atoms with E-state index < -0.39 is 0 Å². The van der Waals surface area contributed by atoms with Crippen LogP contribution in [0.5, 0.6) is 17.4 Å². The molecular formula is C33H30N6O3S. The normalized spacial score (nSPS) is 16.2. The molecule has 43 heavy (non-hydrogen) atoms. The molecule has 0 unspecified atom stereocenters. The van der Waals surface area contributed by atoms with Crippen molar-refractivity contribution in [3.8, 4) is 39.2 Å². The predicted octanol–water partition coefficient (Wildman–Crippen LogP) is 6.11. The van der Waals surface area contributed by atoms with Gasteiger partial charge in [0.05, 0.1) is 18.4 Å². The Morgan fingerprint density at radius 2 is 1.84 bits per heavy atom. The number of hydrogen-bond acceptors (Lipinski definition) is 9. The molecule has 1 saturated heterocycles. The highest BCUT2D eigenvalue weighted by Crippen LogP contribution is 2.36. The molecule has 3 aromatic carbocycles. The standard InChI is InChI=1S/C33H30N6O3S/c1-21-36-37-33(43-21)23-10-12-27(13-11-23)42-29-16-24(28-18-34-31-32(35-28)41-15-14-38(31)2)8-9-25(29)19-39-20-26(17-30(39)40)22-6-4-3-5-7-22/h3-13,16,18,26H,14-15,17,19-20H2,1-2H3/t26-/m1/s1.